The SMILES string of the molecule is CC(C)(CCC(=O)O)NC(=O)CNC(=O)c1cccc(Br)c1. The molecule has 7 heteroatoms. The van der Waals surface area contributed by atoms with Gasteiger partial charge in [0.2, 0.25) is 5.91 Å². The molecule has 6 nitrogen and oxygen atoms in total. The van der Waals surface area contributed by atoms with Crippen LogP contribution in [-0.2, 0) is 9.59 Å². The first-order valence-corrected chi connectivity index (χ1v) is 7.55. The van der Waals surface area contributed by atoms with Gasteiger partial charge in [0.15, 0.2) is 0 Å². The highest BCUT2D eigenvalue weighted by molar-refractivity contribution is 9.10. The molecule has 1 aromatic rings. The van der Waals surface area contributed by atoms with Crippen LogP contribution in [0.5, 0.6) is 0 Å². The molecule has 0 fully saturated rings. The van der Waals surface area contributed by atoms with Gasteiger partial charge in [0.25, 0.3) is 5.91 Å². The summed E-state index contributed by atoms with van der Waals surface area (Å²) in [5.74, 6) is -1.62. The zero-order chi connectivity index (χ0) is 16.8. The monoisotopic (exact) mass is 370 g/mol. The summed E-state index contributed by atoms with van der Waals surface area (Å²) in [7, 11) is 0. The number of amides is 2. The van der Waals surface area contributed by atoms with Crippen molar-refractivity contribution < 1.29 is 19.5 Å². The Labute approximate surface area is 137 Å². The Morgan fingerprint density at radius 1 is 1.27 bits per heavy atom. The molecule has 3 N–H and O–H groups in total. The summed E-state index contributed by atoms with van der Waals surface area (Å²) in [5.41, 5.74) is -0.192. The van der Waals surface area contributed by atoms with Crippen LogP contribution in [0, 0.1) is 0 Å². The molecule has 0 atom stereocenters. The van der Waals surface area contributed by atoms with Crippen molar-refractivity contribution in [1.82, 2.24) is 10.6 Å². The zero-order valence-corrected chi connectivity index (χ0v) is 14.1. The van der Waals surface area contributed by atoms with Crippen LogP contribution in [0.1, 0.15) is 37.0 Å². The Morgan fingerprint density at radius 3 is 2.55 bits per heavy atom. The molecule has 22 heavy (non-hydrogen) atoms. The number of hydrogen-bond acceptors (Lipinski definition) is 3. The first kappa shape index (κ1) is 18.2. The topological polar surface area (TPSA) is 95.5 Å². The van der Waals surface area contributed by atoms with Gasteiger partial charge in [-0.2, -0.15) is 0 Å². The van der Waals surface area contributed by atoms with Crippen LogP contribution in [0.15, 0.2) is 28.7 Å². The third-order valence-corrected chi connectivity index (χ3v) is 3.43. The minimum Gasteiger partial charge on any atom is -0.481 e. The molecule has 0 saturated carbocycles. The molecule has 0 aromatic heterocycles. The van der Waals surface area contributed by atoms with Crippen LogP contribution in [0.4, 0.5) is 0 Å². The Balaban J connectivity index is 2.45. The fourth-order valence-corrected chi connectivity index (χ4v) is 2.20. The van der Waals surface area contributed by atoms with Gasteiger partial charge in [-0.3, -0.25) is 14.4 Å². The summed E-state index contributed by atoms with van der Waals surface area (Å²) in [4.78, 5) is 34.3. The van der Waals surface area contributed by atoms with E-state index < -0.39 is 11.5 Å². The van der Waals surface area contributed by atoms with Gasteiger partial charge in [-0.15, -0.1) is 0 Å². The number of halogens is 1. The Morgan fingerprint density at radius 2 is 1.95 bits per heavy atom. The third-order valence-electron chi connectivity index (χ3n) is 2.94. The van der Waals surface area contributed by atoms with Crippen LogP contribution in [0.3, 0.4) is 0 Å². The average molecular weight is 371 g/mol. The maximum Gasteiger partial charge on any atom is 0.303 e. The summed E-state index contributed by atoms with van der Waals surface area (Å²) in [6.07, 6.45) is 0.283. The quantitative estimate of drug-likeness (QED) is 0.683. The lowest BCUT2D eigenvalue weighted by molar-refractivity contribution is -0.137. The van der Waals surface area contributed by atoms with Gasteiger partial charge in [0.1, 0.15) is 0 Å². The van der Waals surface area contributed by atoms with Crippen LogP contribution in [0.25, 0.3) is 0 Å². The number of carbonyl (C=O) groups is 3. The van der Waals surface area contributed by atoms with E-state index in [9.17, 15) is 14.4 Å². The Hall–Kier alpha value is -1.89. The number of aliphatic carboxylic acids is 1. The molecule has 1 rings (SSSR count). The largest absolute Gasteiger partial charge is 0.481 e. The molecule has 0 saturated heterocycles. The van der Waals surface area contributed by atoms with Gasteiger partial charge >= 0.3 is 5.97 Å². The van der Waals surface area contributed by atoms with Gasteiger partial charge in [-0.25, -0.2) is 0 Å². The second-order valence-corrected chi connectivity index (χ2v) is 6.43. The van der Waals surface area contributed by atoms with Crippen molar-refractivity contribution in [3.8, 4) is 0 Å². The Kier molecular flexibility index (Phi) is 6.55. The summed E-state index contributed by atoms with van der Waals surface area (Å²) in [6.45, 7) is 3.32. The lowest BCUT2D eigenvalue weighted by Gasteiger charge is -2.25. The summed E-state index contributed by atoms with van der Waals surface area (Å²) in [5, 5.41) is 13.9. The number of carbonyl (C=O) groups excluding carboxylic acids is 2. The number of benzene rings is 1. The first-order chi connectivity index (χ1) is 10.2. The third kappa shape index (κ3) is 6.71. The van der Waals surface area contributed by atoms with E-state index in [4.69, 9.17) is 5.11 Å². The van der Waals surface area contributed by atoms with E-state index >= 15 is 0 Å². The predicted octanol–water partition coefficient (Wildman–Crippen LogP) is 1.94. The van der Waals surface area contributed by atoms with E-state index in [1.165, 1.54) is 0 Å². The minimum absolute atomic E-state index is 0.0301. The second kappa shape index (κ2) is 7.93. The number of carboxylic acid groups (broad SMARTS) is 1. The summed E-state index contributed by atoms with van der Waals surface area (Å²) >= 11 is 3.27. The molecular formula is C15H19BrN2O4. The number of hydrogen-bond donors (Lipinski definition) is 3. The van der Waals surface area contributed by atoms with E-state index in [0.29, 0.717) is 12.0 Å². The van der Waals surface area contributed by atoms with Crippen LogP contribution >= 0.6 is 15.9 Å². The number of nitrogens with one attached hydrogen (secondary N) is 2. The first-order valence-electron chi connectivity index (χ1n) is 6.76. The molecule has 0 bridgehead atoms. The predicted molar refractivity (Wildman–Crippen MR) is 85.6 cm³/mol. The van der Waals surface area contributed by atoms with E-state index in [1.54, 1.807) is 38.1 Å². The van der Waals surface area contributed by atoms with Crippen molar-refractivity contribution >= 4 is 33.7 Å². The van der Waals surface area contributed by atoms with E-state index in [1.807, 2.05) is 0 Å². The van der Waals surface area contributed by atoms with Gasteiger partial charge in [0.05, 0.1) is 6.54 Å². The van der Waals surface area contributed by atoms with E-state index in [0.717, 1.165) is 4.47 Å². The summed E-state index contributed by atoms with van der Waals surface area (Å²) in [6, 6.07) is 6.83. The number of rotatable bonds is 7. The zero-order valence-electron chi connectivity index (χ0n) is 12.5. The van der Waals surface area contributed by atoms with Gasteiger partial charge in [-0.05, 0) is 38.5 Å². The van der Waals surface area contributed by atoms with Gasteiger partial charge < -0.3 is 15.7 Å². The van der Waals surface area contributed by atoms with Crippen molar-refractivity contribution in [3.05, 3.63) is 34.3 Å². The number of carboxylic acids is 1. The molecule has 1 aromatic carbocycles. The molecule has 0 unspecified atom stereocenters. The fraction of sp³-hybridized carbons (Fsp3) is 0.400. The minimum atomic E-state index is -0.912. The van der Waals surface area contributed by atoms with Crippen molar-refractivity contribution in [2.45, 2.75) is 32.2 Å². The van der Waals surface area contributed by atoms with Crippen molar-refractivity contribution in [2.24, 2.45) is 0 Å². The smallest absolute Gasteiger partial charge is 0.303 e. The highest BCUT2D eigenvalue weighted by Crippen LogP contribution is 2.12. The van der Waals surface area contributed by atoms with Gasteiger partial charge in [-0.1, -0.05) is 22.0 Å². The highest BCUT2D eigenvalue weighted by Gasteiger charge is 2.21. The average Bonchev–Trinajstić information content (AvgIpc) is 2.42. The molecule has 0 heterocycles. The maximum atomic E-state index is 11.9. The normalized spacial score (nSPS) is 10.9. The molecule has 0 aliphatic rings. The molecule has 0 spiro atoms. The van der Waals surface area contributed by atoms with E-state index in [2.05, 4.69) is 26.6 Å². The second-order valence-electron chi connectivity index (χ2n) is 5.52. The Bertz CT molecular complexity index is 572. The molecule has 2 amide bonds. The van der Waals surface area contributed by atoms with Crippen LogP contribution in [0.2, 0.25) is 0 Å². The molecule has 0 aliphatic heterocycles. The molecule has 0 aliphatic carbocycles. The lowest BCUT2D eigenvalue weighted by Crippen LogP contribution is -2.47. The lowest BCUT2D eigenvalue weighted by atomic mass is 9.98. The molecule has 0 radical (unpaired) electrons. The standard InChI is InChI=1S/C15H19BrN2O4/c1-15(2,7-6-13(20)21)18-12(19)9-17-14(22)10-4-3-5-11(16)8-10/h3-5,8H,6-7,9H2,1-2H3,(H,17,22)(H,18,19)(H,20,21). The van der Waals surface area contributed by atoms with Crippen LogP contribution < -0.4 is 10.6 Å². The van der Waals surface area contributed by atoms with Crippen molar-refractivity contribution in [3.63, 3.8) is 0 Å². The maximum absolute atomic E-state index is 11.9. The van der Waals surface area contributed by atoms with Crippen LogP contribution in [-0.4, -0.2) is 35.0 Å². The van der Waals surface area contributed by atoms with E-state index in [-0.39, 0.29) is 24.8 Å². The van der Waals surface area contributed by atoms with Crippen molar-refractivity contribution in [1.29, 1.82) is 0 Å². The van der Waals surface area contributed by atoms with Crippen molar-refractivity contribution in [2.75, 3.05) is 6.54 Å². The molecule has 120 valence electrons. The summed E-state index contributed by atoms with van der Waals surface area (Å²) < 4.78 is 0.777. The van der Waals surface area contributed by atoms with Gasteiger partial charge in [0, 0.05) is 22.0 Å². The molecular weight excluding hydrogens is 352 g/mol. The highest BCUT2D eigenvalue weighted by atomic mass is 79.9. The fourth-order valence-electron chi connectivity index (χ4n) is 1.80.